The summed E-state index contributed by atoms with van der Waals surface area (Å²) in [5.74, 6) is 6.82. The van der Waals surface area contributed by atoms with Gasteiger partial charge in [-0.2, -0.15) is 4.98 Å². The second kappa shape index (κ2) is 6.00. The first-order chi connectivity index (χ1) is 9.19. The topological polar surface area (TPSA) is 95.4 Å². The van der Waals surface area contributed by atoms with Crippen LogP contribution in [-0.4, -0.2) is 24.2 Å². The molecular weight excluding hydrogens is 316 g/mol. The minimum Gasteiger partial charge on any atom is -0.480 e. The van der Waals surface area contributed by atoms with Gasteiger partial charge in [0.25, 0.3) is 0 Å². The Bertz CT molecular complexity index is 561. The Morgan fingerprint density at radius 1 is 1.37 bits per heavy atom. The standard InChI is InChI=1S/C11H13BrN4O3/c1-17-8-5-14-10(11(15-8)18-2)9(16-13)6-3-4-7(12)19-6/h3-5,9,16H,13H2,1-2H3. The second-order valence-corrected chi connectivity index (χ2v) is 4.33. The predicted octanol–water partition coefficient (Wildman–Crippen LogP) is 1.40. The number of nitrogens with two attached hydrogens (primary N) is 1. The highest BCUT2D eigenvalue weighted by atomic mass is 79.9. The van der Waals surface area contributed by atoms with Crippen molar-refractivity contribution in [2.75, 3.05) is 14.2 Å². The van der Waals surface area contributed by atoms with E-state index in [0.29, 0.717) is 27.9 Å². The number of ether oxygens (including phenoxy) is 2. The van der Waals surface area contributed by atoms with E-state index in [1.807, 2.05) is 0 Å². The molecule has 0 spiro atoms. The molecule has 3 N–H and O–H groups in total. The molecule has 102 valence electrons. The zero-order valence-electron chi connectivity index (χ0n) is 10.4. The van der Waals surface area contributed by atoms with Crippen LogP contribution in [0.25, 0.3) is 0 Å². The quantitative estimate of drug-likeness (QED) is 0.632. The van der Waals surface area contributed by atoms with E-state index in [1.54, 1.807) is 12.1 Å². The van der Waals surface area contributed by atoms with Gasteiger partial charge in [-0.1, -0.05) is 0 Å². The molecule has 0 saturated heterocycles. The van der Waals surface area contributed by atoms with Gasteiger partial charge in [0.1, 0.15) is 17.5 Å². The van der Waals surface area contributed by atoms with E-state index in [-0.39, 0.29) is 0 Å². The van der Waals surface area contributed by atoms with Gasteiger partial charge in [0.2, 0.25) is 11.8 Å². The fraction of sp³-hybridized carbons (Fsp3) is 0.273. The lowest BCUT2D eigenvalue weighted by Crippen LogP contribution is -2.29. The van der Waals surface area contributed by atoms with Crippen molar-refractivity contribution in [3.05, 3.63) is 34.5 Å². The number of nitrogens with one attached hydrogen (secondary N) is 1. The minimum absolute atomic E-state index is 0.315. The molecule has 2 rings (SSSR count). The minimum atomic E-state index is -0.473. The molecule has 2 aromatic heterocycles. The fourth-order valence-electron chi connectivity index (χ4n) is 1.59. The number of hydrogen-bond donors (Lipinski definition) is 2. The van der Waals surface area contributed by atoms with Crippen LogP contribution in [0.1, 0.15) is 17.5 Å². The molecule has 0 bridgehead atoms. The lowest BCUT2D eigenvalue weighted by Gasteiger charge is -2.15. The zero-order valence-corrected chi connectivity index (χ0v) is 12.0. The van der Waals surface area contributed by atoms with Gasteiger partial charge in [-0.05, 0) is 28.1 Å². The molecule has 0 saturated carbocycles. The molecule has 19 heavy (non-hydrogen) atoms. The third kappa shape index (κ3) is 2.86. The Hall–Kier alpha value is -1.64. The average Bonchev–Trinajstić information content (AvgIpc) is 2.86. The average molecular weight is 329 g/mol. The van der Waals surface area contributed by atoms with Crippen molar-refractivity contribution in [2.45, 2.75) is 6.04 Å². The first-order valence-corrected chi connectivity index (χ1v) is 6.15. The highest BCUT2D eigenvalue weighted by Gasteiger charge is 2.23. The van der Waals surface area contributed by atoms with E-state index in [0.717, 1.165) is 0 Å². The Morgan fingerprint density at radius 2 is 2.16 bits per heavy atom. The van der Waals surface area contributed by atoms with Crippen LogP contribution in [0.5, 0.6) is 11.8 Å². The van der Waals surface area contributed by atoms with Crippen LogP contribution in [0, 0.1) is 0 Å². The summed E-state index contributed by atoms with van der Waals surface area (Å²) in [6.45, 7) is 0. The summed E-state index contributed by atoms with van der Waals surface area (Å²) in [5, 5.41) is 0. The number of hydrazine groups is 1. The van der Waals surface area contributed by atoms with Crippen LogP contribution in [-0.2, 0) is 0 Å². The SMILES string of the molecule is COc1cnc(C(NN)c2ccc(Br)o2)c(OC)n1. The molecule has 1 unspecified atom stereocenters. The molecule has 0 radical (unpaired) electrons. The predicted molar refractivity (Wildman–Crippen MR) is 70.7 cm³/mol. The number of nitrogens with zero attached hydrogens (tertiary/aromatic N) is 2. The van der Waals surface area contributed by atoms with Crippen molar-refractivity contribution in [2.24, 2.45) is 5.84 Å². The van der Waals surface area contributed by atoms with E-state index in [9.17, 15) is 0 Å². The summed E-state index contributed by atoms with van der Waals surface area (Å²) in [6.07, 6.45) is 1.49. The summed E-state index contributed by atoms with van der Waals surface area (Å²) in [7, 11) is 3.00. The Morgan fingerprint density at radius 3 is 2.68 bits per heavy atom. The third-order valence-electron chi connectivity index (χ3n) is 2.47. The van der Waals surface area contributed by atoms with Crippen LogP contribution in [0.4, 0.5) is 0 Å². The van der Waals surface area contributed by atoms with E-state index in [2.05, 4.69) is 31.3 Å². The molecule has 2 aromatic rings. The monoisotopic (exact) mass is 328 g/mol. The zero-order chi connectivity index (χ0) is 13.8. The van der Waals surface area contributed by atoms with Gasteiger partial charge in [-0.3, -0.25) is 5.84 Å². The number of rotatable bonds is 5. The van der Waals surface area contributed by atoms with Crippen molar-refractivity contribution in [1.82, 2.24) is 15.4 Å². The number of methoxy groups -OCH3 is 2. The van der Waals surface area contributed by atoms with Crippen LogP contribution in [0.3, 0.4) is 0 Å². The van der Waals surface area contributed by atoms with Gasteiger partial charge in [0, 0.05) is 0 Å². The highest BCUT2D eigenvalue weighted by molar-refractivity contribution is 9.10. The molecule has 7 nitrogen and oxygen atoms in total. The molecule has 1 atom stereocenters. The maximum Gasteiger partial charge on any atom is 0.240 e. The van der Waals surface area contributed by atoms with Gasteiger partial charge in [0.05, 0.1) is 20.4 Å². The Kier molecular flexibility index (Phi) is 4.35. The maximum atomic E-state index is 5.56. The summed E-state index contributed by atoms with van der Waals surface area (Å²) in [5.41, 5.74) is 3.13. The Balaban J connectivity index is 2.43. The summed E-state index contributed by atoms with van der Waals surface area (Å²) in [6, 6.07) is 3.07. The molecule has 2 heterocycles. The van der Waals surface area contributed by atoms with E-state index in [1.165, 1.54) is 20.4 Å². The maximum absolute atomic E-state index is 5.56. The molecule has 0 amide bonds. The van der Waals surface area contributed by atoms with Crippen LogP contribution in [0.15, 0.2) is 27.4 Å². The van der Waals surface area contributed by atoms with Gasteiger partial charge < -0.3 is 13.9 Å². The van der Waals surface area contributed by atoms with Gasteiger partial charge in [-0.15, -0.1) is 0 Å². The molecule has 0 aliphatic rings. The number of halogens is 1. The van der Waals surface area contributed by atoms with Crippen molar-refractivity contribution >= 4 is 15.9 Å². The normalized spacial score (nSPS) is 12.2. The van der Waals surface area contributed by atoms with Crippen molar-refractivity contribution in [1.29, 1.82) is 0 Å². The fourth-order valence-corrected chi connectivity index (χ4v) is 1.91. The molecule has 0 fully saturated rings. The smallest absolute Gasteiger partial charge is 0.240 e. The lowest BCUT2D eigenvalue weighted by atomic mass is 10.1. The van der Waals surface area contributed by atoms with Gasteiger partial charge in [0.15, 0.2) is 4.67 Å². The number of furan rings is 1. The molecule has 8 heteroatoms. The van der Waals surface area contributed by atoms with Gasteiger partial charge in [-0.25, -0.2) is 10.4 Å². The van der Waals surface area contributed by atoms with Gasteiger partial charge >= 0.3 is 0 Å². The molecular formula is C11H13BrN4O3. The van der Waals surface area contributed by atoms with Crippen LogP contribution in [0.2, 0.25) is 0 Å². The first kappa shape index (κ1) is 13.8. The molecule has 0 aliphatic heterocycles. The Labute approximate surface area is 118 Å². The third-order valence-corrected chi connectivity index (χ3v) is 2.89. The number of hydrogen-bond acceptors (Lipinski definition) is 7. The van der Waals surface area contributed by atoms with Crippen molar-refractivity contribution < 1.29 is 13.9 Å². The molecule has 0 aromatic carbocycles. The van der Waals surface area contributed by atoms with Crippen molar-refractivity contribution in [3.63, 3.8) is 0 Å². The first-order valence-electron chi connectivity index (χ1n) is 5.36. The van der Waals surface area contributed by atoms with Crippen molar-refractivity contribution in [3.8, 4) is 11.8 Å². The van der Waals surface area contributed by atoms with E-state index in [4.69, 9.17) is 19.7 Å². The summed E-state index contributed by atoms with van der Waals surface area (Å²) in [4.78, 5) is 8.40. The highest BCUT2D eigenvalue weighted by Crippen LogP contribution is 2.29. The van der Waals surface area contributed by atoms with Crippen LogP contribution < -0.4 is 20.7 Å². The van der Waals surface area contributed by atoms with E-state index >= 15 is 0 Å². The lowest BCUT2D eigenvalue weighted by molar-refractivity contribution is 0.347. The van der Waals surface area contributed by atoms with E-state index < -0.39 is 6.04 Å². The largest absolute Gasteiger partial charge is 0.480 e. The summed E-state index contributed by atoms with van der Waals surface area (Å²) >= 11 is 3.24. The molecule has 0 aliphatic carbocycles. The second-order valence-electron chi connectivity index (χ2n) is 3.55. The van der Waals surface area contributed by atoms with Crippen LogP contribution >= 0.6 is 15.9 Å². The summed E-state index contributed by atoms with van der Waals surface area (Å²) < 4.78 is 16.3. The number of aromatic nitrogens is 2.